The van der Waals surface area contributed by atoms with Crippen molar-refractivity contribution in [3.05, 3.63) is 94.0 Å². The molecule has 0 bridgehead atoms. The van der Waals surface area contributed by atoms with Gasteiger partial charge in [0.2, 0.25) is 0 Å². The van der Waals surface area contributed by atoms with Gasteiger partial charge >= 0.3 is 0 Å². The van der Waals surface area contributed by atoms with Crippen LogP contribution in [0.5, 0.6) is 11.5 Å². The highest BCUT2D eigenvalue weighted by molar-refractivity contribution is 6.30. The number of hydrogen-bond acceptors (Lipinski definition) is 5. The predicted octanol–water partition coefficient (Wildman–Crippen LogP) is 5.47. The number of aryl methyl sites for hydroxylation is 1. The molecule has 1 aliphatic carbocycles. The molecule has 0 fully saturated rings. The summed E-state index contributed by atoms with van der Waals surface area (Å²) in [6.07, 6.45) is 4.58. The van der Waals surface area contributed by atoms with Crippen LogP contribution in [0.2, 0.25) is 5.02 Å². The van der Waals surface area contributed by atoms with Crippen molar-refractivity contribution in [3.8, 4) is 11.5 Å². The van der Waals surface area contributed by atoms with Crippen molar-refractivity contribution < 1.29 is 19.1 Å². The van der Waals surface area contributed by atoms with E-state index in [4.69, 9.17) is 25.9 Å². The highest BCUT2D eigenvalue weighted by atomic mass is 35.5. The van der Waals surface area contributed by atoms with Crippen LogP contribution in [0.1, 0.15) is 41.1 Å². The van der Waals surface area contributed by atoms with Crippen LogP contribution < -0.4 is 14.8 Å². The summed E-state index contributed by atoms with van der Waals surface area (Å²) in [5.41, 5.74) is 4.25. The van der Waals surface area contributed by atoms with Crippen LogP contribution in [-0.4, -0.2) is 25.8 Å². The van der Waals surface area contributed by atoms with Crippen molar-refractivity contribution in [2.75, 3.05) is 13.7 Å². The highest BCUT2D eigenvalue weighted by Crippen LogP contribution is 2.30. The Bertz CT molecular complexity index is 1150. The number of nitrogens with zero attached hydrogens (tertiary/aromatic N) is 1. The first-order valence-corrected chi connectivity index (χ1v) is 11.6. The average molecular weight is 479 g/mol. The van der Waals surface area contributed by atoms with E-state index in [2.05, 4.69) is 22.6 Å². The molecule has 0 spiro atoms. The lowest BCUT2D eigenvalue weighted by molar-refractivity contribution is -0.126. The van der Waals surface area contributed by atoms with Gasteiger partial charge in [-0.1, -0.05) is 53.2 Å². The van der Waals surface area contributed by atoms with Crippen LogP contribution >= 0.6 is 11.6 Å². The molecule has 0 aliphatic heterocycles. The molecule has 0 heterocycles. The average Bonchev–Trinajstić information content (AvgIpc) is 2.87. The van der Waals surface area contributed by atoms with E-state index in [0.29, 0.717) is 23.1 Å². The highest BCUT2D eigenvalue weighted by Gasteiger charge is 2.21. The van der Waals surface area contributed by atoms with Gasteiger partial charge in [-0.2, -0.15) is 0 Å². The number of methoxy groups -OCH3 is 1. The Morgan fingerprint density at radius 2 is 1.94 bits per heavy atom. The molecule has 0 aromatic heterocycles. The topological polar surface area (TPSA) is 69.2 Å². The Morgan fingerprint density at radius 1 is 1.12 bits per heavy atom. The summed E-state index contributed by atoms with van der Waals surface area (Å²) >= 11 is 5.92. The standard InChI is InChI=1S/C27H27ClN2O4/c1-32-26-15-20(11-14-25(26)33-17-19-9-12-22(28)13-10-19)16-29-34-18-27(31)30-24-8-4-6-21-5-2-3-7-23(21)24/h2-3,5,7,9-16,24H,4,6,8,17-18H2,1H3,(H,30,31)/b29-16-/t24-/m1/s1. The third-order valence-corrected chi connectivity index (χ3v) is 5.92. The zero-order chi connectivity index (χ0) is 23.8. The van der Waals surface area contributed by atoms with Crippen LogP contribution in [0.25, 0.3) is 0 Å². The maximum Gasteiger partial charge on any atom is 0.261 e. The second-order valence-electron chi connectivity index (χ2n) is 8.04. The predicted molar refractivity (Wildman–Crippen MR) is 133 cm³/mol. The molecule has 3 aromatic rings. The Balaban J connectivity index is 1.27. The van der Waals surface area contributed by atoms with Crippen LogP contribution in [0.3, 0.4) is 0 Å². The molecule has 176 valence electrons. The third kappa shape index (κ3) is 6.29. The maximum absolute atomic E-state index is 12.3. The van der Waals surface area contributed by atoms with Gasteiger partial charge in [0.05, 0.1) is 19.4 Å². The van der Waals surface area contributed by atoms with E-state index in [1.54, 1.807) is 13.2 Å². The Morgan fingerprint density at radius 3 is 2.76 bits per heavy atom. The Kier molecular flexibility index (Phi) is 8.04. The smallest absolute Gasteiger partial charge is 0.261 e. The third-order valence-electron chi connectivity index (χ3n) is 5.67. The van der Waals surface area contributed by atoms with Crippen LogP contribution in [-0.2, 0) is 22.7 Å². The van der Waals surface area contributed by atoms with Crippen molar-refractivity contribution in [1.82, 2.24) is 5.32 Å². The number of benzene rings is 3. The monoisotopic (exact) mass is 478 g/mol. The van der Waals surface area contributed by atoms with Crippen LogP contribution in [0.4, 0.5) is 0 Å². The number of ether oxygens (including phenoxy) is 2. The van der Waals surface area contributed by atoms with E-state index < -0.39 is 0 Å². The minimum atomic E-state index is -0.192. The van der Waals surface area contributed by atoms with Crippen molar-refractivity contribution >= 4 is 23.7 Å². The van der Waals surface area contributed by atoms with E-state index in [1.165, 1.54) is 17.3 Å². The zero-order valence-corrected chi connectivity index (χ0v) is 19.8. The molecule has 34 heavy (non-hydrogen) atoms. The van der Waals surface area contributed by atoms with Gasteiger partial charge in [-0.15, -0.1) is 0 Å². The fourth-order valence-electron chi connectivity index (χ4n) is 3.96. The summed E-state index contributed by atoms with van der Waals surface area (Å²) in [5.74, 6) is 0.997. The number of hydrogen-bond donors (Lipinski definition) is 1. The van der Waals surface area contributed by atoms with E-state index in [9.17, 15) is 4.79 Å². The fourth-order valence-corrected chi connectivity index (χ4v) is 4.09. The van der Waals surface area contributed by atoms with Gasteiger partial charge in [-0.3, -0.25) is 4.79 Å². The summed E-state index contributed by atoms with van der Waals surface area (Å²) in [5, 5.41) is 7.66. The van der Waals surface area contributed by atoms with Crippen LogP contribution in [0, 0.1) is 0 Å². The molecule has 1 N–H and O–H groups in total. The number of oxime groups is 1. The summed E-state index contributed by atoms with van der Waals surface area (Å²) in [6, 6.07) is 21.2. The lowest BCUT2D eigenvalue weighted by Crippen LogP contribution is -2.33. The molecular formula is C27H27ClN2O4. The molecule has 1 aliphatic rings. The second-order valence-corrected chi connectivity index (χ2v) is 8.48. The first kappa shape index (κ1) is 23.6. The molecule has 3 aromatic carbocycles. The quantitative estimate of drug-likeness (QED) is 0.327. The molecule has 0 radical (unpaired) electrons. The van der Waals surface area contributed by atoms with Crippen molar-refractivity contribution in [1.29, 1.82) is 0 Å². The molecule has 4 rings (SSSR count). The fraction of sp³-hybridized carbons (Fsp3) is 0.259. The van der Waals surface area contributed by atoms with Gasteiger partial charge in [-0.05, 0) is 66.3 Å². The summed E-state index contributed by atoms with van der Waals surface area (Å²) < 4.78 is 11.3. The Labute approximate surface area is 204 Å². The second kappa shape index (κ2) is 11.6. The molecule has 7 heteroatoms. The molecule has 0 saturated carbocycles. The van der Waals surface area contributed by atoms with E-state index in [1.807, 2.05) is 48.5 Å². The van der Waals surface area contributed by atoms with Crippen molar-refractivity contribution in [2.24, 2.45) is 5.16 Å². The minimum Gasteiger partial charge on any atom is -0.493 e. The van der Waals surface area contributed by atoms with E-state index in [-0.39, 0.29) is 18.6 Å². The molecule has 0 unspecified atom stereocenters. The van der Waals surface area contributed by atoms with Gasteiger partial charge in [0, 0.05) is 10.6 Å². The Hall–Kier alpha value is -3.51. The maximum atomic E-state index is 12.3. The largest absolute Gasteiger partial charge is 0.493 e. The molecule has 0 saturated heterocycles. The number of fused-ring (bicyclic) bond motifs is 1. The zero-order valence-electron chi connectivity index (χ0n) is 19.0. The summed E-state index contributed by atoms with van der Waals surface area (Å²) in [6.45, 7) is 0.249. The molecule has 1 amide bonds. The molecular weight excluding hydrogens is 452 g/mol. The normalized spacial score (nSPS) is 14.9. The lowest BCUT2D eigenvalue weighted by Gasteiger charge is -2.26. The summed E-state index contributed by atoms with van der Waals surface area (Å²) in [4.78, 5) is 17.6. The molecule has 1 atom stereocenters. The van der Waals surface area contributed by atoms with Gasteiger partial charge in [0.1, 0.15) is 6.61 Å². The first-order valence-electron chi connectivity index (χ1n) is 11.2. The van der Waals surface area contributed by atoms with E-state index >= 15 is 0 Å². The number of carbonyl (C=O) groups is 1. The van der Waals surface area contributed by atoms with Crippen LogP contribution in [0.15, 0.2) is 71.9 Å². The van der Waals surface area contributed by atoms with Gasteiger partial charge < -0.3 is 19.6 Å². The first-order chi connectivity index (χ1) is 16.6. The number of amides is 1. The summed E-state index contributed by atoms with van der Waals surface area (Å²) in [7, 11) is 1.58. The number of rotatable bonds is 9. The van der Waals surface area contributed by atoms with Gasteiger partial charge in [0.25, 0.3) is 5.91 Å². The van der Waals surface area contributed by atoms with E-state index in [0.717, 1.165) is 30.4 Å². The van der Waals surface area contributed by atoms with Gasteiger partial charge in [0.15, 0.2) is 18.1 Å². The number of halogens is 1. The SMILES string of the molecule is COc1cc(/C=N\OCC(=O)N[C@@H]2CCCc3ccccc32)ccc1OCc1ccc(Cl)cc1. The lowest BCUT2D eigenvalue weighted by atomic mass is 9.88. The van der Waals surface area contributed by atoms with Crippen molar-refractivity contribution in [2.45, 2.75) is 31.9 Å². The van der Waals surface area contributed by atoms with Gasteiger partial charge in [-0.25, -0.2) is 0 Å². The van der Waals surface area contributed by atoms with Crippen molar-refractivity contribution in [3.63, 3.8) is 0 Å². The molecule has 6 nitrogen and oxygen atoms in total. The number of carbonyl (C=O) groups excluding carboxylic acids is 1. The minimum absolute atomic E-state index is 0.0229. The number of nitrogens with one attached hydrogen (secondary N) is 1.